The van der Waals surface area contributed by atoms with Crippen LogP contribution in [0.1, 0.15) is 19.8 Å². The Bertz CT molecular complexity index is 139. The van der Waals surface area contributed by atoms with Gasteiger partial charge in [0.1, 0.15) is 0 Å². The maximum atomic E-state index is 11.1. The van der Waals surface area contributed by atoms with Crippen molar-refractivity contribution in [3.63, 3.8) is 0 Å². The number of carbonyl (C=O) groups is 1. The first-order chi connectivity index (χ1) is 6.20. The van der Waals surface area contributed by atoms with Gasteiger partial charge >= 0.3 is 0 Å². The van der Waals surface area contributed by atoms with Crippen molar-refractivity contribution in [1.29, 1.82) is 0 Å². The molecule has 1 unspecified atom stereocenters. The lowest BCUT2D eigenvalue weighted by Gasteiger charge is -2.10. The van der Waals surface area contributed by atoms with Crippen molar-refractivity contribution in [2.45, 2.75) is 19.8 Å². The molecule has 1 atom stereocenters. The van der Waals surface area contributed by atoms with Gasteiger partial charge in [0.15, 0.2) is 0 Å². The smallest absolute Gasteiger partial charge is 0.222 e. The first-order valence-electron chi connectivity index (χ1n) is 4.57. The van der Waals surface area contributed by atoms with Gasteiger partial charge in [0.2, 0.25) is 5.91 Å². The number of hydrogen-bond donors (Lipinski definition) is 2. The van der Waals surface area contributed by atoms with E-state index in [2.05, 4.69) is 5.32 Å². The molecule has 13 heavy (non-hydrogen) atoms. The maximum absolute atomic E-state index is 11.1. The first kappa shape index (κ1) is 12.4. The predicted octanol–water partition coefficient (Wildman–Crippen LogP) is 0.158. The van der Waals surface area contributed by atoms with Gasteiger partial charge in [-0.2, -0.15) is 0 Å². The summed E-state index contributed by atoms with van der Waals surface area (Å²) in [6.07, 6.45) is 1.13. The SMILES string of the molecule is COCCC(=O)NCC(C)CCO. The number of hydrogen-bond acceptors (Lipinski definition) is 3. The fraction of sp³-hybridized carbons (Fsp3) is 0.889. The molecule has 0 fully saturated rings. The number of ether oxygens (including phenoxy) is 1. The first-order valence-corrected chi connectivity index (χ1v) is 4.57. The van der Waals surface area contributed by atoms with E-state index in [9.17, 15) is 4.79 Å². The van der Waals surface area contributed by atoms with Crippen LogP contribution in [0, 0.1) is 5.92 Å². The van der Waals surface area contributed by atoms with Crippen LogP contribution in [-0.2, 0) is 9.53 Å². The third-order valence-corrected chi connectivity index (χ3v) is 1.80. The highest BCUT2D eigenvalue weighted by molar-refractivity contribution is 5.75. The van der Waals surface area contributed by atoms with Crippen LogP contribution in [0.2, 0.25) is 0 Å². The van der Waals surface area contributed by atoms with E-state index in [1.807, 2.05) is 6.92 Å². The second-order valence-corrected chi connectivity index (χ2v) is 3.16. The lowest BCUT2D eigenvalue weighted by molar-refractivity contribution is -0.122. The molecule has 2 N–H and O–H groups in total. The van der Waals surface area contributed by atoms with Gasteiger partial charge in [-0.05, 0) is 12.3 Å². The lowest BCUT2D eigenvalue weighted by Crippen LogP contribution is -2.29. The highest BCUT2D eigenvalue weighted by Gasteiger charge is 2.04. The van der Waals surface area contributed by atoms with Gasteiger partial charge in [0.05, 0.1) is 6.61 Å². The molecule has 4 heteroatoms. The largest absolute Gasteiger partial charge is 0.396 e. The minimum atomic E-state index is 0.00615. The minimum Gasteiger partial charge on any atom is -0.396 e. The lowest BCUT2D eigenvalue weighted by atomic mass is 10.1. The van der Waals surface area contributed by atoms with Gasteiger partial charge in [-0.1, -0.05) is 6.92 Å². The summed E-state index contributed by atoms with van der Waals surface area (Å²) in [4.78, 5) is 11.1. The van der Waals surface area contributed by atoms with E-state index in [-0.39, 0.29) is 12.5 Å². The molecule has 78 valence electrons. The fourth-order valence-electron chi connectivity index (χ4n) is 0.894. The van der Waals surface area contributed by atoms with Crippen LogP contribution >= 0.6 is 0 Å². The Morgan fingerprint density at radius 1 is 1.62 bits per heavy atom. The van der Waals surface area contributed by atoms with E-state index < -0.39 is 0 Å². The summed E-state index contributed by atoms with van der Waals surface area (Å²) in [5.74, 6) is 0.336. The Hall–Kier alpha value is -0.610. The average Bonchev–Trinajstić information content (AvgIpc) is 2.12. The molecule has 0 heterocycles. The standard InChI is InChI=1S/C9H19NO3/c1-8(3-5-11)7-10-9(12)4-6-13-2/h8,11H,3-7H2,1-2H3,(H,10,12). The third kappa shape index (κ3) is 7.74. The molecule has 0 aromatic rings. The second kappa shape index (κ2) is 8.01. The Morgan fingerprint density at radius 2 is 2.31 bits per heavy atom. The van der Waals surface area contributed by atoms with Gasteiger partial charge in [-0.3, -0.25) is 4.79 Å². The summed E-state index contributed by atoms with van der Waals surface area (Å²) in [6.45, 7) is 3.26. The molecule has 0 spiro atoms. The summed E-state index contributed by atoms with van der Waals surface area (Å²) in [6, 6.07) is 0. The molecule has 0 bridgehead atoms. The van der Waals surface area contributed by atoms with Crippen LogP contribution in [0.4, 0.5) is 0 Å². The third-order valence-electron chi connectivity index (χ3n) is 1.80. The van der Waals surface area contributed by atoms with Gasteiger partial charge in [-0.15, -0.1) is 0 Å². The number of methoxy groups -OCH3 is 1. The zero-order chi connectivity index (χ0) is 10.1. The van der Waals surface area contributed by atoms with Gasteiger partial charge < -0.3 is 15.2 Å². The van der Waals surface area contributed by atoms with Crippen LogP contribution in [0.25, 0.3) is 0 Å². The molecule has 0 aromatic heterocycles. The zero-order valence-electron chi connectivity index (χ0n) is 8.38. The van der Waals surface area contributed by atoms with Gasteiger partial charge in [-0.25, -0.2) is 0 Å². The number of amides is 1. The van der Waals surface area contributed by atoms with Gasteiger partial charge in [0, 0.05) is 26.7 Å². The Morgan fingerprint density at radius 3 is 2.85 bits per heavy atom. The van der Waals surface area contributed by atoms with Crippen molar-refractivity contribution in [3.8, 4) is 0 Å². The molecule has 1 amide bonds. The summed E-state index contributed by atoms with van der Waals surface area (Å²) in [5.41, 5.74) is 0. The molecule has 0 saturated carbocycles. The number of rotatable bonds is 7. The molecular weight excluding hydrogens is 170 g/mol. The molecule has 0 aromatic carbocycles. The van der Waals surface area contributed by atoms with Crippen LogP contribution in [0.3, 0.4) is 0 Å². The van der Waals surface area contributed by atoms with Crippen molar-refractivity contribution < 1.29 is 14.6 Å². The fourth-order valence-corrected chi connectivity index (χ4v) is 0.894. The van der Waals surface area contributed by atoms with Crippen molar-refractivity contribution in [2.24, 2.45) is 5.92 Å². The summed E-state index contributed by atoms with van der Waals surface area (Å²) >= 11 is 0. The zero-order valence-corrected chi connectivity index (χ0v) is 8.38. The van der Waals surface area contributed by atoms with E-state index in [0.29, 0.717) is 25.5 Å². The Kier molecular flexibility index (Phi) is 7.63. The van der Waals surface area contributed by atoms with E-state index >= 15 is 0 Å². The molecule has 0 rings (SSSR count). The van der Waals surface area contributed by atoms with Crippen LogP contribution in [-0.4, -0.2) is 37.9 Å². The summed E-state index contributed by atoms with van der Waals surface area (Å²) < 4.78 is 4.77. The van der Waals surface area contributed by atoms with Crippen molar-refractivity contribution in [1.82, 2.24) is 5.32 Å². The highest BCUT2D eigenvalue weighted by atomic mass is 16.5. The maximum Gasteiger partial charge on any atom is 0.222 e. The monoisotopic (exact) mass is 189 g/mol. The van der Waals surface area contributed by atoms with Crippen molar-refractivity contribution >= 4 is 5.91 Å². The molecular formula is C9H19NO3. The molecule has 0 aliphatic carbocycles. The number of carbonyl (C=O) groups excluding carboxylic acids is 1. The van der Waals surface area contributed by atoms with Crippen LogP contribution < -0.4 is 5.32 Å². The number of aliphatic hydroxyl groups excluding tert-OH is 1. The number of nitrogens with one attached hydrogen (secondary N) is 1. The van der Waals surface area contributed by atoms with E-state index in [4.69, 9.17) is 9.84 Å². The average molecular weight is 189 g/mol. The molecule has 4 nitrogen and oxygen atoms in total. The molecule has 0 saturated heterocycles. The normalized spacial score (nSPS) is 12.5. The van der Waals surface area contributed by atoms with E-state index in [1.54, 1.807) is 7.11 Å². The van der Waals surface area contributed by atoms with Crippen molar-refractivity contribution in [3.05, 3.63) is 0 Å². The van der Waals surface area contributed by atoms with Crippen molar-refractivity contribution in [2.75, 3.05) is 26.9 Å². The second-order valence-electron chi connectivity index (χ2n) is 3.16. The van der Waals surface area contributed by atoms with Gasteiger partial charge in [0.25, 0.3) is 0 Å². The Labute approximate surface area is 79.3 Å². The van der Waals surface area contributed by atoms with E-state index in [1.165, 1.54) is 0 Å². The molecule has 0 aliphatic heterocycles. The summed E-state index contributed by atoms with van der Waals surface area (Å²) in [5, 5.41) is 11.4. The van der Waals surface area contributed by atoms with Crippen LogP contribution in [0.5, 0.6) is 0 Å². The highest BCUT2D eigenvalue weighted by Crippen LogP contribution is 1.97. The number of aliphatic hydroxyl groups is 1. The Balaban J connectivity index is 3.34. The minimum absolute atomic E-state index is 0.00615. The summed E-state index contributed by atoms with van der Waals surface area (Å²) in [7, 11) is 1.57. The topological polar surface area (TPSA) is 58.6 Å². The van der Waals surface area contributed by atoms with E-state index in [0.717, 1.165) is 6.42 Å². The van der Waals surface area contributed by atoms with Crippen LogP contribution in [0.15, 0.2) is 0 Å². The molecule has 0 radical (unpaired) electrons. The predicted molar refractivity (Wildman–Crippen MR) is 50.4 cm³/mol. The quantitative estimate of drug-likeness (QED) is 0.599. The molecule has 0 aliphatic rings.